The lowest BCUT2D eigenvalue weighted by molar-refractivity contribution is -0.0650. The molecule has 2 rings (SSSR count). The van der Waals surface area contributed by atoms with E-state index in [1.165, 1.54) is 12.5 Å². The van der Waals surface area contributed by atoms with Gasteiger partial charge in [-0.15, -0.1) is 0 Å². The highest BCUT2D eigenvalue weighted by Gasteiger charge is 2.48. The first-order valence-electron chi connectivity index (χ1n) is 15.7. The summed E-state index contributed by atoms with van der Waals surface area (Å²) >= 11 is 0. The van der Waals surface area contributed by atoms with Crippen molar-refractivity contribution in [3.63, 3.8) is 0 Å². The summed E-state index contributed by atoms with van der Waals surface area (Å²) in [6, 6.07) is 1.25. The van der Waals surface area contributed by atoms with E-state index in [0.29, 0.717) is 36.6 Å². The predicted octanol–water partition coefficient (Wildman–Crippen LogP) is 9.78. The van der Waals surface area contributed by atoms with Gasteiger partial charge in [-0.3, -0.25) is 9.69 Å². The van der Waals surface area contributed by atoms with Gasteiger partial charge in [0, 0.05) is 12.1 Å². The summed E-state index contributed by atoms with van der Waals surface area (Å²) in [6.45, 7) is 28.4. The highest BCUT2D eigenvalue weighted by atomic mass is 19.1. The third-order valence-electron chi connectivity index (χ3n) is 7.43. The maximum absolute atomic E-state index is 15.0. The molecule has 1 aliphatic rings. The number of hydrogen-bond donors (Lipinski definition) is 0. The van der Waals surface area contributed by atoms with Gasteiger partial charge in [-0.25, -0.2) is 14.2 Å². The molecule has 0 aliphatic carbocycles. The van der Waals surface area contributed by atoms with E-state index in [1.54, 1.807) is 4.90 Å². The summed E-state index contributed by atoms with van der Waals surface area (Å²) in [4.78, 5) is 32.3. The molecule has 0 bridgehead atoms. The first-order chi connectivity index (χ1) is 19.1. The van der Waals surface area contributed by atoms with E-state index in [2.05, 4.69) is 53.5 Å². The second kappa shape index (κ2) is 15.4. The van der Waals surface area contributed by atoms with Gasteiger partial charge in [-0.05, 0) is 96.6 Å². The van der Waals surface area contributed by atoms with Gasteiger partial charge in [0.2, 0.25) is 0 Å². The van der Waals surface area contributed by atoms with Crippen molar-refractivity contribution in [3.05, 3.63) is 34.4 Å². The number of ketones is 1. The Morgan fingerprint density at radius 2 is 1.76 bits per heavy atom. The molecule has 2 unspecified atom stereocenters. The number of aryl methyl sites for hydroxylation is 1. The number of Topliss-reactive ketones (excluding diaryl/α,β-unsaturated/α-hetero) is 1. The molecule has 0 aromatic carbocycles. The zero-order valence-corrected chi connectivity index (χ0v) is 29.0. The van der Waals surface area contributed by atoms with Crippen molar-refractivity contribution in [3.8, 4) is 0 Å². The molecule has 240 valence electrons. The van der Waals surface area contributed by atoms with Crippen LogP contribution in [0.15, 0.2) is 11.6 Å². The fourth-order valence-corrected chi connectivity index (χ4v) is 4.95. The van der Waals surface area contributed by atoms with Gasteiger partial charge in [-0.1, -0.05) is 66.5 Å². The molecule has 1 aromatic rings. The Morgan fingerprint density at radius 1 is 1.19 bits per heavy atom. The molecule has 1 fully saturated rings. The molecule has 0 spiro atoms. The van der Waals surface area contributed by atoms with Crippen LogP contribution in [0, 0.1) is 30.0 Å². The minimum absolute atomic E-state index is 0.0391. The third-order valence-corrected chi connectivity index (χ3v) is 7.43. The molecule has 2 heterocycles. The van der Waals surface area contributed by atoms with E-state index in [0.717, 1.165) is 12.0 Å². The highest BCUT2D eigenvalue weighted by Crippen LogP contribution is 2.37. The molecule has 0 saturated carbocycles. The first kappa shape index (κ1) is 37.7. The normalized spacial score (nSPS) is 18.0. The summed E-state index contributed by atoms with van der Waals surface area (Å²) in [7, 11) is 0. The van der Waals surface area contributed by atoms with Crippen molar-refractivity contribution in [1.82, 2.24) is 9.88 Å². The Balaban J connectivity index is 0.00000281. The van der Waals surface area contributed by atoms with Crippen molar-refractivity contribution in [2.24, 2.45) is 17.3 Å². The van der Waals surface area contributed by atoms with E-state index in [9.17, 15) is 9.59 Å². The van der Waals surface area contributed by atoms with Crippen LogP contribution in [0.25, 0.3) is 6.08 Å². The van der Waals surface area contributed by atoms with Crippen molar-refractivity contribution in [2.75, 3.05) is 6.61 Å². The number of aromatic nitrogens is 1. The number of rotatable bonds is 9. The highest BCUT2D eigenvalue weighted by molar-refractivity contribution is 5.94. The zero-order valence-electron chi connectivity index (χ0n) is 29.0. The molecule has 0 N–H and O–H groups in total. The minimum Gasteiger partial charge on any atom is -0.444 e. The Labute approximate surface area is 255 Å². The fourth-order valence-electron chi connectivity index (χ4n) is 4.95. The van der Waals surface area contributed by atoms with Crippen LogP contribution < -0.4 is 0 Å². The van der Waals surface area contributed by atoms with Gasteiger partial charge in [-0.2, -0.15) is 0 Å². The maximum atomic E-state index is 15.0. The van der Waals surface area contributed by atoms with Crippen molar-refractivity contribution >= 4 is 18.0 Å². The molecule has 1 amide bonds. The van der Waals surface area contributed by atoms with Gasteiger partial charge >= 0.3 is 6.09 Å². The SMILES string of the molecule is C/C(=C\c1cc(F)c(C(=O)CCCC(CC(C)C)C2COC(C)(C)N2C(=O)OC(C)(C)C)nc1C)C(C)(C)C.CCC. The van der Waals surface area contributed by atoms with E-state index in [-0.39, 0.29) is 35.3 Å². The lowest BCUT2D eigenvalue weighted by Gasteiger charge is -2.38. The van der Waals surface area contributed by atoms with Crippen molar-refractivity contribution in [1.29, 1.82) is 0 Å². The Bertz CT molecular complexity index is 1080. The number of allylic oxidation sites excluding steroid dienone is 1. The van der Waals surface area contributed by atoms with Crippen LogP contribution >= 0.6 is 0 Å². The van der Waals surface area contributed by atoms with Crippen LogP contribution in [0.2, 0.25) is 0 Å². The third kappa shape index (κ3) is 11.4. The summed E-state index contributed by atoms with van der Waals surface area (Å²) in [5.74, 6) is -0.373. The summed E-state index contributed by atoms with van der Waals surface area (Å²) in [5.41, 5.74) is 0.901. The number of amides is 1. The van der Waals surface area contributed by atoms with Crippen LogP contribution in [-0.2, 0) is 9.47 Å². The number of pyridine rings is 1. The minimum atomic E-state index is -0.788. The molecule has 6 nitrogen and oxygen atoms in total. The lowest BCUT2D eigenvalue weighted by Crippen LogP contribution is -2.52. The number of halogens is 1. The van der Waals surface area contributed by atoms with Crippen LogP contribution in [-0.4, -0.2) is 45.7 Å². The average Bonchev–Trinajstić information content (AvgIpc) is 3.13. The molecule has 0 radical (unpaired) electrons. The van der Waals surface area contributed by atoms with E-state index < -0.39 is 23.2 Å². The summed E-state index contributed by atoms with van der Waals surface area (Å²) in [6.07, 6.45) is 5.14. The quantitative estimate of drug-likeness (QED) is 0.268. The number of carbonyl (C=O) groups is 2. The van der Waals surface area contributed by atoms with Gasteiger partial charge < -0.3 is 9.47 Å². The Morgan fingerprint density at radius 3 is 2.26 bits per heavy atom. The standard InChI is InChI=1S/C32H51FN2O4.C3H8/c1-20(2)16-23(26-19-38-32(11,12)35(26)29(37)39-31(8,9)10)14-13-15-27(36)28-25(33)18-24(22(4)34-28)17-21(3)30(5,6)7;1-3-2/h17-18,20,23,26H,13-16,19H2,1-12H3;3H2,1-2H3/b21-17+;. The van der Waals surface area contributed by atoms with Crippen LogP contribution in [0.3, 0.4) is 0 Å². The van der Waals surface area contributed by atoms with Crippen molar-refractivity contribution < 1.29 is 23.5 Å². The van der Waals surface area contributed by atoms with Gasteiger partial charge in [0.05, 0.1) is 12.6 Å². The Hall–Kier alpha value is -2.28. The summed E-state index contributed by atoms with van der Waals surface area (Å²) in [5, 5.41) is 0. The molecular formula is C35H59FN2O4. The van der Waals surface area contributed by atoms with Crippen LogP contribution in [0.5, 0.6) is 0 Å². The monoisotopic (exact) mass is 590 g/mol. The molecule has 42 heavy (non-hydrogen) atoms. The molecule has 1 aliphatic heterocycles. The van der Waals surface area contributed by atoms with E-state index >= 15 is 4.39 Å². The van der Waals surface area contributed by atoms with Gasteiger partial charge in [0.1, 0.15) is 17.0 Å². The fraction of sp³-hybridized carbons (Fsp3) is 0.743. The first-order valence-corrected chi connectivity index (χ1v) is 15.7. The maximum Gasteiger partial charge on any atom is 0.412 e. The molecule has 7 heteroatoms. The number of ether oxygens (including phenoxy) is 2. The van der Waals surface area contributed by atoms with Crippen molar-refractivity contribution in [2.45, 2.75) is 146 Å². The summed E-state index contributed by atoms with van der Waals surface area (Å²) < 4.78 is 26.8. The van der Waals surface area contributed by atoms with Crippen LogP contribution in [0.1, 0.15) is 144 Å². The average molecular weight is 591 g/mol. The number of nitrogens with zero attached hydrogens (tertiary/aromatic N) is 2. The smallest absolute Gasteiger partial charge is 0.412 e. The largest absolute Gasteiger partial charge is 0.444 e. The zero-order chi connectivity index (χ0) is 32.6. The number of hydrogen-bond acceptors (Lipinski definition) is 5. The lowest BCUT2D eigenvalue weighted by atomic mass is 9.85. The van der Waals surface area contributed by atoms with Gasteiger partial charge in [0.25, 0.3) is 0 Å². The van der Waals surface area contributed by atoms with Gasteiger partial charge in [0.15, 0.2) is 11.6 Å². The number of carbonyl (C=O) groups excluding carboxylic acids is 2. The predicted molar refractivity (Wildman–Crippen MR) is 171 cm³/mol. The second-order valence-electron chi connectivity index (χ2n) is 14.7. The second-order valence-corrected chi connectivity index (χ2v) is 14.7. The molecule has 1 saturated heterocycles. The Kier molecular flexibility index (Phi) is 13.9. The van der Waals surface area contributed by atoms with Crippen LogP contribution in [0.4, 0.5) is 9.18 Å². The van der Waals surface area contributed by atoms with E-state index in [4.69, 9.17) is 9.47 Å². The van der Waals surface area contributed by atoms with E-state index in [1.807, 2.05) is 54.5 Å². The molecule has 1 aromatic heterocycles. The topological polar surface area (TPSA) is 68.7 Å². The molecule has 2 atom stereocenters. The molecular weight excluding hydrogens is 531 g/mol.